The molecule has 1 fully saturated rings. The summed E-state index contributed by atoms with van der Waals surface area (Å²) < 4.78 is 1.05. The van der Waals surface area contributed by atoms with E-state index in [1.54, 1.807) is 0 Å². The number of nitrogens with zero attached hydrogens (tertiary/aromatic N) is 1. The van der Waals surface area contributed by atoms with Crippen molar-refractivity contribution in [2.45, 2.75) is 20.0 Å². The molecule has 2 N–H and O–H groups in total. The van der Waals surface area contributed by atoms with Gasteiger partial charge in [0.05, 0.1) is 26.2 Å². The zero-order valence-corrected chi connectivity index (χ0v) is 16.0. The number of aliphatic hydroxyl groups is 1. The molecule has 0 aliphatic carbocycles. The molecule has 3 nitrogen and oxygen atoms in total. The topological polar surface area (TPSA) is 27.9 Å². The summed E-state index contributed by atoms with van der Waals surface area (Å²) in [5.74, 6) is 0. The van der Waals surface area contributed by atoms with E-state index < -0.39 is 0 Å². The normalized spacial score (nSPS) is 17.1. The van der Waals surface area contributed by atoms with Crippen LogP contribution in [0.2, 0.25) is 0 Å². The monoisotopic (exact) mass is 389 g/mol. The van der Waals surface area contributed by atoms with Crippen LogP contribution < -0.4 is 9.80 Å². The lowest BCUT2D eigenvalue weighted by molar-refractivity contribution is -0.904. The van der Waals surface area contributed by atoms with Crippen molar-refractivity contribution in [3.05, 3.63) is 63.6 Å². The average Bonchev–Trinajstić information content (AvgIpc) is 2.58. The van der Waals surface area contributed by atoms with Gasteiger partial charge in [-0.3, -0.25) is 0 Å². The van der Waals surface area contributed by atoms with Gasteiger partial charge in [-0.1, -0.05) is 40.2 Å². The molecule has 2 aromatic rings. The minimum atomic E-state index is -0.389. The molecule has 0 spiro atoms. The summed E-state index contributed by atoms with van der Waals surface area (Å²) in [5, 5.41) is 10.5. The van der Waals surface area contributed by atoms with Gasteiger partial charge in [0.15, 0.2) is 0 Å². The molecule has 128 valence electrons. The Kier molecular flexibility index (Phi) is 5.59. The number of piperazine rings is 1. The highest BCUT2D eigenvalue weighted by atomic mass is 79.9. The van der Waals surface area contributed by atoms with E-state index in [2.05, 4.69) is 52.9 Å². The summed E-state index contributed by atoms with van der Waals surface area (Å²) >= 11 is 3.44. The number of quaternary nitrogens is 1. The average molecular weight is 390 g/mol. The molecule has 1 saturated heterocycles. The first-order valence-corrected chi connectivity index (χ1v) is 9.41. The Morgan fingerprint density at radius 3 is 2.42 bits per heavy atom. The van der Waals surface area contributed by atoms with Crippen LogP contribution in [-0.4, -0.2) is 37.8 Å². The van der Waals surface area contributed by atoms with E-state index in [1.807, 2.05) is 24.3 Å². The number of aryl methyl sites for hydroxylation is 2. The van der Waals surface area contributed by atoms with Crippen LogP contribution in [0.4, 0.5) is 5.69 Å². The quantitative estimate of drug-likeness (QED) is 0.840. The van der Waals surface area contributed by atoms with Crippen molar-refractivity contribution in [2.24, 2.45) is 0 Å². The summed E-state index contributed by atoms with van der Waals surface area (Å²) in [6.45, 7) is 9.36. The second kappa shape index (κ2) is 7.68. The third-order valence-electron chi connectivity index (χ3n) is 4.91. The lowest BCUT2D eigenvalue weighted by Gasteiger charge is -2.35. The first kappa shape index (κ1) is 17.5. The fraction of sp³-hybridized carbons (Fsp3) is 0.400. The molecule has 24 heavy (non-hydrogen) atoms. The molecule has 0 saturated carbocycles. The van der Waals surface area contributed by atoms with E-state index in [0.717, 1.165) is 42.8 Å². The van der Waals surface area contributed by atoms with E-state index in [0.29, 0.717) is 0 Å². The number of hydrogen-bond donors (Lipinski definition) is 2. The Bertz CT molecular complexity index is 679. The van der Waals surface area contributed by atoms with Gasteiger partial charge in [-0.25, -0.2) is 0 Å². The molecule has 1 aliphatic rings. The summed E-state index contributed by atoms with van der Waals surface area (Å²) in [4.78, 5) is 3.96. The second-order valence-corrected chi connectivity index (χ2v) is 7.71. The molecule has 0 radical (unpaired) electrons. The van der Waals surface area contributed by atoms with Crippen LogP contribution in [0.5, 0.6) is 0 Å². The minimum absolute atomic E-state index is 0.389. The summed E-state index contributed by atoms with van der Waals surface area (Å²) in [5.41, 5.74) is 5.03. The van der Waals surface area contributed by atoms with Gasteiger partial charge in [0.25, 0.3) is 0 Å². The maximum Gasteiger partial charge on any atom is 0.128 e. The van der Waals surface area contributed by atoms with Gasteiger partial charge >= 0.3 is 0 Å². The molecular weight excluding hydrogens is 364 g/mol. The Morgan fingerprint density at radius 1 is 1.08 bits per heavy atom. The number of nitrogens with one attached hydrogen (secondary N) is 1. The van der Waals surface area contributed by atoms with E-state index in [9.17, 15) is 5.11 Å². The van der Waals surface area contributed by atoms with Gasteiger partial charge < -0.3 is 14.9 Å². The van der Waals surface area contributed by atoms with Crippen LogP contribution in [0.1, 0.15) is 22.8 Å². The lowest BCUT2D eigenvalue weighted by Crippen LogP contribution is -3.15. The smallest absolute Gasteiger partial charge is 0.128 e. The maximum absolute atomic E-state index is 10.5. The highest BCUT2D eigenvalue weighted by Crippen LogP contribution is 2.21. The van der Waals surface area contributed by atoms with Crippen LogP contribution in [0, 0.1) is 13.8 Å². The Hall–Kier alpha value is -1.36. The molecule has 1 atom stereocenters. The van der Waals surface area contributed by atoms with Gasteiger partial charge in [-0.05, 0) is 48.7 Å². The number of benzene rings is 2. The Balaban J connectivity index is 1.57. The predicted octanol–water partition coefficient (Wildman–Crippen LogP) is 2.50. The van der Waals surface area contributed by atoms with Gasteiger partial charge in [0.2, 0.25) is 0 Å². The molecule has 0 aromatic heterocycles. The molecule has 0 unspecified atom stereocenters. The first-order valence-electron chi connectivity index (χ1n) is 8.62. The van der Waals surface area contributed by atoms with E-state index in [1.165, 1.54) is 21.7 Å². The van der Waals surface area contributed by atoms with E-state index in [4.69, 9.17) is 0 Å². The van der Waals surface area contributed by atoms with Crippen molar-refractivity contribution < 1.29 is 10.0 Å². The van der Waals surface area contributed by atoms with Crippen molar-refractivity contribution in [3.63, 3.8) is 0 Å². The minimum Gasteiger partial charge on any atom is -0.382 e. The summed E-state index contributed by atoms with van der Waals surface area (Å²) in [7, 11) is 0. The van der Waals surface area contributed by atoms with Crippen molar-refractivity contribution in [2.75, 3.05) is 37.6 Å². The number of hydrogen-bond acceptors (Lipinski definition) is 2. The molecule has 1 heterocycles. The molecule has 0 bridgehead atoms. The second-order valence-electron chi connectivity index (χ2n) is 6.80. The van der Waals surface area contributed by atoms with Gasteiger partial charge in [0, 0.05) is 10.2 Å². The highest BCUT2D eigenvalue weighted by Gasteiger charge is 2.23. The first-order chi connectivity index (χ1) is 11.5. The van der Waals surface area contributed by atoms with Gasteiger partial charge in [-0.2, -0.15) is 0 Å². The molecular formula is C20H26BrN2O+. The van der Waals surface area contributed by atoms with Crippen LogP contribution in [0.15, 0.2) is 46.9 Å². The fourth-order valence-electron chi connectivity index (χ4n) is 3.40. The largest absolute Gasteiger partial charge is 0.382 e. The SMILES string of the molecule is Cc1ccc(C)c(N2CC[NH+](C[C@H](O)c3ccc(Br)cc3)CC2)c1. The fourth-order valence-corrected chi connectivity index (χ4v) is 3.67. The van der Waals surface area contributed by atoms with E-state index >= 15 is 0 Å². The zero-order chi connectivity index (χ0) is 17.1. The summed E-state index contributed by atoms with van der Waals surface area (Å²) in [6.07, 6.45) is -0.389. The highest BCUT2D eigenvalue weighted by molar-refractivity contribution is 9.10. The number of rotatable bonds is 4. The molecule has 2 aromatic carbocycles. The molecule has 1 aliphatic heterocycles. The lowest BCUT2D eigenvalue weighted by atomic mass is 10.1. The maximum atomic E-state index is 10.5. The zero-order valence-electron chi connectivity index (χ0n) is 14.4. The van der Waals surface area contributed by atoms with Crippen molar-refractivity contribution >= 4 is 21.6 Å². The number of halogens is 1. The van der Waals surface area contributed by atoms with Crippen LogP contribution in [0.3, 0.4) is 0 Å². The summed E-state index contributed by atoms with van der Waals surface area (Å²) in [6, 6.07) is 14.7. The van der Waals surface area contributed by atoms with Gasteiger partial charge in [0.1, 0.15) is 12.6 Å². The Labute approximate surface area is 153 Å². The van der Waals surface area contributed by atoms with Crippen LogP contribution in [0.25, 0.3) is 0 Å². The van der Waals surface area contributed by atoms with Crippen molar-refractivity contribution in [1.29, 1.82) is 0 Å². The number of anilines is 1. The molecule has 0 amide bonds. The predicted molar refractivity (Wildman–Crippen MR) is 103 cm³/mol. The van der Waals surface area contributed by atoms with Gasteiger partial charge in [-0.15, -0.1) is 0 Å². The molecule has 3 rings (SSSR count). The van der Waals surface area contributed by atoms with Crippen LogP contribution in [-0.2, 0) is 0 Å². The van der Waals surface area contributed by atoms with Crippen LogP contribution >= 0.6 is 15.9 Å². The standard InChI is InChI=1S/C20H25BrN2O/c1-15-3-4-16(2)19(13-15)23-11-9-22(10-12-23)14-20(24)17-5-7-18(21)8-6-17/h3-8,13,20,24H,9-12,14H2,1-2H3/p+1/t20-/m0/s1. The third-order valence-corrected chi connectivity index (χ3v) is 5.44. The molecule has 4 heteroatoms. The van der Waals surface area contributed by atoms with Crippen molar-refractivity contribution in [1.82, 2.24) is 0 Å². The third kappa shape index (κ3) is 4.18. The Morgan fingerprint density at radius 2 is 1.75 bits per heavy atom. The van der Waals surface area contributed by atoms with E-state index in [-0.39, 0.29) is 6.10 Å². The van der Waals surface area contributed by atoms with Crippen molar-refractivity contribution in [3.8, 4) is 0 Å². The number of aliphatic hydroxyl groups excluding tert-OH is 1.